The van der Waals surface area contributed by atoms with Crippen molar-refractivity contribution in [2.24, 2.45) is 4.99 Å². The monoisotopic (exact) mass is 791 g/mol. The molecule has 3 N–H and O–H groups in total. The van der Waals surface area contributed by atoms with Crippen LogP contribution in [0.25, 0.3) is 0 Å². The van der Waals surface area contributed by atoms with Crippen LogP contribution in [0.15, 0.2) is 53.5 Å². The number of alkyl carbamates (subject to hydrolysis) is 1. The van der Waals surface area contributed by atoms with E-state index in [0.29, 0.717) is 15.6 Å². The maximum Gasteiger partial charge on any atom is 0.437 e. The fourth-order valence-electron chi connectivity index (χ4n) is 3.97. The summed E-state index contributed by atoms with van der Waals surface area (Å²) in [4.78, 5) is 67.1. The average Bonchev–Trinajstić information content (AvgIpc) is 2.96. The Morgan fingerprint density at radius 3 is 1.71 bits per heavy atom. The van der Waals surface area contributed by atoms with E-state index in [0.717, 1.165) is 0 Å². The Hall–Kier alpha value is -5.23. The van der Waals surface area contributed by atoms with Gasteiger partial charge in [-0.3, -0.25) is 10.1 Å². The molecule has 304 valence electrons. The predicted octanol–water partition coefficient (Wildman–Crippen LogP) is 6.44. The second kappa shape index (κ2) is 17.9. The highest BCUT2D eigenvalue weighted by molar-refractivity contribution is 7.87. The van der Waals surface area contributed by atoms with Gasteiger partial charge in [0.2, 0.25) is 5.96 Å². The van der Waals surface area contributed by atoms with E-state index in [1.54, 1.807) is 83.1 Å². The van der Waals surface area contributed by atoms with Gasteiger partial charge < -0.3 is 29.0 Å². The van der Waals surface area contributed by atoms with Crippen molar-refractivity contribution in [2.45, 2.75) is 125 Å². The molecule has 0 aromatic heterocycles. The number of rotatable bonds is 9. The molecule has 0 saturated carbocycles. The predicted molar refractivity (Wildman–Crippen MR) is 204 cm³/mol. The average molecular weight is 792 g/mol. The molecule has 18 heteroatoms. The first kappa shape index (κ1) is 45.9. The number of hydrogen-bond acceptors (Lipinski definition) is 12. The highest BCUT2D eigenvalue weighted by Gasteiger charge is 2.35. The standard InChI is InChI=1S/C37H53N5O12S/c1-23(28(43)51-34(2,3)4)41-55(48,49)42(33(47)54-37(11,12)13)22-24-14-20-27(21-15-24)50-29(44)25-16-18-26(19-17-25)38-30(39-31(45)52-35(5,6)7)40-32(46)53-36(8,9)10/h14-21,23,41H,22H2,1-13H3,(H2,38,39,40,45,46)/t23-/m0/s1. The van der Waals surface area contributed by atoms with E-state index < -0.39 is 75.4 Å². The molecule has 0 aliphatic rings. The van der Waals surface area contributed by atoms with Crippen LogP contribution in [0, 0.1) is 0 Å². The van der Waals surface area contributed by atoms with Gasteiger partial charge in [0.15, 0.2) is 0 Å². The zero-order valence-electron chi connectivity index (χ0n) is 33.6. The first-order valence-electron chi connectivity index (χ1n) is 17.2. The first-order valence-corrected chi connectivity index (χ1v) is 18.6. The van der Waals surface area contributed by atoms with Crippen LogP contribution in [0.2, 0.25) is 0 Å². The molecule has 2 aromatic carbocycles. The van der Waals surface area contributed by atoms with Gasteiger partial charge in [0, 0.05) is 5.69 Å². The van der Waals surface area contributed by atoms with Crippen LogP contribution in [0.1, 0.15) is 106 Å². The highest BCUT2D eigenvalue weighted by atomic mass is 32.2. The van der Waals surface area contributed by atoms with Crippen molar-refractivity contribution in [1.82, 2.24) is 14.3 Å². The highest BCUT2D eigenvalue weighted by Crippen LogP contribution is 2.21. The van der Waals surface area contributed by atoms with E-state index in [9.17, 15) is 32.4 Å². The molecule has 1 atom stereocenters. The van der Waals surface area contributed by atoms with E-state index >= 15 is 0 Å². The zero-order chi connectivity index (χ0) is 42.2. The molecule has 3 amide bonds. The molecule has 0 radical (unpaired) electrons. The fraction of sp³-hybridized carbons (Fsp3) is 0.514. The number of ether oxygens (including phenoxy) is 5. The van der Waals surface area contributed by atoms with Crippen molar-refractivity contribution < 1.29 is 56.1 Å². The number of anilines is 1. The van der Waals surface area contributed by atoms with Gasteiger partial charge in [-0.15, -0.1) is 4.99 Å². The van der Waals surface area contributed by atoms with Crippen molar-refractivity contribution in [3.8, 4) is 5.75 Å². The number of nitrogens with zero attached hydrogens (tertiary/aromatic N) is 2. The van der Waals surface area contributed by atoms with Gasteiger partial charge >= 0.3 is 40.4 Å². The summed E-state index contributed by atoms with van der Waals surface area (Å²) in [6, 6.07) is 10.2. The molecule has 2 aromatic rings. The Bertz CT molecular complexity index is 1830. The van der Waals surface area contributed by atoms with Gasteiger partial charge in [-0.2, -0.15) is 17.4 Å². The number of carbonyl (C=O) groups excluding carboxylic acids is 5. The van der Waals surface area contributed by atoms with Crippen LogP contribution in [-0.4, -0.2) is 77.3 Å². The van der Waals surface area contributed by atoms with Gasteiger partial charge in [0.05, 0.1) is 12.1 Å². The minimum atomic E-state index is -4.64. The summed E-state index contributed by atoms with van der Waals surface area (Å²) in [5.74, 6) is -1.77. The van der Waals surface area contributed by atoms with Crippen molar-refractivity contribution in [1.29, 1.82) is 0 Å². The Morgan fingerprint density at radius 2 is 1.22 bits per heavy atom. The molecule has 2 rings (SSSR count). The molecular weight excluding hydrogens is 738 g/mol. The molecule has 17 nitrogen and oxygen atoms in total. The molecule has 0 heterocycles. The maximum absolute atomic E-state index is 13.4. The van der Waals surface area contributed by atoms with Crippen molar-refractivity contribution in [2.75, 3.05) is 5.32 Å². The molecule has 0 saturated heterocycles. The minimum Gasteiger partial charge on any atom is -0.459 e. The summed E-state index contributed by atoms with van der Waals surface area (Å²) >= 11 is 0. The van der Waals surface area contributed by atoms with Crippen LogP contribution in [-0.2, 0) is 40.5 Å². The van der Waals surface area contributed by atoms with Crippen LogP contribution in [0.4, 0.5) is 20.1 Å². The third-order valence-corrected chi connectivity index (χ3v) is 7.54. The summed E-state index contributed by atoms with van der Waals surface area (Å²) in [7, 11) is -4.64. The number of amides is 3. The Balaban J connectivity index is 2.21. The second-order valence-electron chi connectivity index (χ2n) is 16.2. The molecule has 0 aliphatic heterocycles. The van der Waals surface area contributed by atoms with E-state index in [4.69, 9.17) is 23.7 Å². The molecular formula is C37H53N5O12S. The number of carbonyl (C=O) groups is 5. The van der Waals surface area contributed by atoms with E-state index in [-0.39, 0.29) is 17.3 Å². The van der Waals surface area contributed by atoms with Gasteiger partial charge in [-0.05, 0) is 132 Å². The quantitative estimate of drug-likeness (QED) is 0.0821. The van der Waals surface area contributed by atoms with E-state index in [1.165, 1.54) is 55.5 Å². The number of aliphatic imine (C=N–C) groups is 1. The van der Waals surface area contributed by atoms with Crippen molar-refractivity contribution >= 4 is 52.1 Å². The SMILES string of the molecule is C[C@H](NS(=O)(=O)N(Cc1ccc(OC(=O)c2ccc(N/C(=N\C(=O)OC(C)(C)C)NC(=O)OC(C)(C)C)cc2)cc1)C(=O)OC(C)(C)C)C(=O)OC(C)(C)C. The number of nitrogens with one attached hydrogen (secondary N) is 3. The maximum atomic E-state index is 13.4. The number of benzene rings is 2. The van der Waals surface area contributed by atoms with Crippen LogP contribution in [0.5, 0.6) is 5.75 Å². The molecule has 0 unspecified atom stereocenters. The zero-order valence-corrected chi connectivity index (χ0v) is 34.4. The molecule has 0 aliphatic carbocycles. The summed E-state index contributed by atoms with van der Waals surface area (Å²) in [5.41, 5.74) is -2.81. The smallest absolute Gasteiger partial charge is 0.437 e. The lowest BCUT2D eigenvalue weighted by atomic mass is 10.2. The van der Waals surface area contributed by atoms with Gasteiger partial charge in [0.25, 0.3) is 0 Å². The number of guanidine groups is 1. The topological polar surface area (TPSA) is 217 Å². The van der Waals surface area contributed by atoms with Crippen molar-refractivity contribution in [3.05, 3.63) is 59.7 Å². The van der Waals surface area contributed by atoms with Crippen LogP contribution in [0.3, 0.4) is 0 Å². The lowest BCUT2D eigenvalue weighted by Gasteiger charge is -2.28. The largest absolute Gasteiger partial charge is 0.459 e. The lowest BCUT2D eigenvalue weighted by molar-refractivity contribution is -0.156. The first-order chi connectivity index (χ1) is 24.9. The molecule has 55 heavy (non-hydrogen) atoms. The summed E-state index contributed by atoms with van der Waals surface area (Å²) in [5, 5.41) is 5.15. The van der Waals surface area contributed by atoms with Gasteiger partial charge in [-0.1, -0.05) is 12.1 Å². The van der Waals surface area contributed by atoms with Gasteiger partial charge in [-0.25, -0.2) is 19.2 Å². The van der Waals surface area contributed by atoms with Crippen molar-refractivity contribution in [3.63, 3.8) is 0 Å². The van der Waals surface area contributed by atoms with Gasteiger partial charge in [0.1, 0.15) is 34.2 Å². The minimum absolute atomic E-state index is 0.104. The summed E-state index contributed by atoms with van der Waals surface area (Å²) < 4.78 is 55.9. The molecule has 0 fully saturated rings. The Morgan fingerprint density at radius 1 is 0.709 bits per heavy atom. The lowest BCUT2D eigenvalue weighted by Crippen LogP contribution is -2.51. The summed E-state index contributed by atoms with van der Waals surface area (Å²) in [6.07, 6.45) is -3.04. The molecule has 0 spiro atoms. The second-order valence-corrected chi connectivity index (χ2v) is 17.8. The van der Waals surface area contributed by atoms with E-state index in [1.807, 2.05) is 0 Å². The Kier molecular flexibility index (Phi) is 15.0. The van der Waals surface area contributed by atoms with Crippen LogP contribution < -0.4 is 20.1 Å². The third-order valence-electron chi connectivity index (χ3n) is 6.03. The normalized spacial score (nSPS) is 13.1. The van der Waals surface area contributed by atoms with Crippen LogP contribution >= 0.6 is 0 Å². The van der Waals surface area contributed by atoms with E-state index in [2.05, 4.69) is 20.3 Å². The summed E-state index contributed by atoms with van der Waals surface area (Å²) in [6.45, 7) is 20.4. The number of hydrogen-bond donors (Lipinski definition) is 3. The number of esters is 2. The fourth-order valence-corrected chi connectivity index (χ4v) is 5.19. The molecule has 0 bridgehead atoms. The Labute approximate surface area is 322 Å². The third kappa shape index (κ3) is 17.6.